The van der Waals surface area contributed by atoms with Crippen molar-refractivity contribution in [3.05, 3.63) is 58.9 Å². The van der Waals surface area contributed by atoms with Crippen LogP contribution in [0.15, 0.2) is 42.6 Å². The fraction of sp³-hybridized carbons (Fsp3) is 0.500. The number of carbonyl (C=O) groups is 1. The highest BCUT2D eigenvalue weighted by Crippen LogP contribution is 2.15. The SMILES string of the molecule is CC(C)(C)OC(=O)N1CCN(Cc2ccc(CCCOc3ccc(Cl)nc3)cc2)CC1. The number of piperazine rings is 1. The second-order valence-electron chi connectivity index (χ2n) is 8.83. The van der Waals surface area contributed by atoms with Gasteiger partial charge in [-0.1, -0.05) is 35.9 Å². The van der Waals surface area contributed by atoms with E-state index in [9.17, 15) is 4.79 Å². The average molecular weight is 446 g/mol. The first-order valence-electron chi connectivity index (χ1n) is 10.8. The Balaban J connectivity index is 1.36. The fourth-order valence-electron chi connectivity index (χ4n) is 3.40. The molecule has 3 rings (SSSR count). The number of nitrogens with zero attached hydrogens (tertiary/aromatic N) is 3. The lowest BCUT2D eigenvalue weighted by molar-refractivity contribution is 0.0139. The largest absolute Gasteiger partial charge is 0.492 e. The number of aromatic nitrogens is 1. The van der Waals surface area contributed by atoms with E-state index in [4.69, 9.17) is 21.1 Å². The Morgan fingerprint density at radius 3 is 2.32 bits per heavy atom. The summed E-state index contributed by atoms with van der Waals surface area (Å²) in [5, 5.41) is 0.470. The maximum absolute atomic E-state index is 12.2. The van der Waals surface area contributed by atoms with Crippen molar-refractivity contribution in [2.45, 2.75) is 45.8 Å². The fourth-order valence-corrected chi connectivity index (χ4v) is 3.51. The Bertz CT molecular complexity index is 827. The summed E-state index contributed by atoms with van der Waals surface area (Å²) in [7, 11) is 0. The lowest BCUT2D eigenvalue weighted by atomic mass is 10.1. The van der Waals surface area contributed by atoms with Crippen LogP contribution in [-0.4, -0.2) is 59.3 Å². The van der Waals surface area contributed by atoms with Gasteiger partial charge in [0.2, 0.25) is 0 Å². The van der Waals surface area contributed by atoms with Crippen molar-refractivity contribution in [2.24, 2.45) is 0 Å². The van der Waals surface area contributed by atoms with Crippen LogP contribution in [0.25, 0.3) is 0 Å². The molecule has 1 aliphatic heterocycles. The van der Waals surface area contributed by atoms with Gasteiger partial charge < -0.3 is 14.4 Å². The first-order valence-corrected chi connectivity index (χ1v) is 11.2. The van der Waals surface area contributed by atoms with Gasteiger partial charge in [0.05, 0.1) is 12.8 Å². The Labute approximate surface area is 190 Å². The quantitative estimate of drug-likeness (QED) is 0.452. The molecule has 0 unspecified atom stereocenters. The molecule has 1 saturated heterocycles. The minimum absolute atomic E-state index is 0.215. The Morgan fingerprint density at radius 2 is 1.71 bits per heavy atom. The molecular weight excluding hydrogens is 414 g/mol. The number of amides is 1. The van der Waals surface area contributed by atoms with Gasteiger partial charge in [0.1, 0.15) is 16.5 Å². The maximum Gasteiger partial charge on any atom is 0.410 e. The van der Waals surface area contributed by atoms with Crippen LogP contribution in [0.5, 0.6) is 5.75 Å². The van der Waals surface area contributed by atoms with Crippen molar-refractivity contribution in [1.29, 1.82) is 0 Å². The Hall–Kier alpha value is -2.31. The number of aryl methyl sites for hydroxylation is 1. The molecular formula is C24H32ClN3O3. The lowest BCUT2D eigenvalue weighted by Crippen LogP contribution is -2.49. The van der Waals surface area contributed by atoms with Crippen molar-refractivity contribution < 1.29 is 14.3 Å². The van der Waals surface area contributed by atoms with E-state index in [1.165, 1.54) is 11.1 Å². The standard InChI is InChI=1S/C24H32ClN3O3/c1-24(2,3)31-23(29)28-14-12-27(13-15-28)18-20-8-6-19(7-9-20)5-4-16-30-21-10-11-22(25)26-17-21/h6-11,17H,4-5,12-16,18H2,1-3H3. The lowest BCUT2D eigenvalue weighted by Gasteiger charge is -2.35. The predicted octanol–water partition coefficient (Wildman–Crippen LogP) is 4.80. The first-order chi connectivity index (χ1) is 14.8. The number of carbonyl (C=O) groups excluding carboxylic acids is 1. The van der Waals surface area contributed by atoms with Crippen molar-refractivity contribution in [2.75, 3.05) is 32.8 Å². The Kier molecular flexibility index (Phi) is 8.15. The number of benzene rings is 1. The van der Waals surface area contributed by atoms with E-state index in [-0.39, 0.29) is 6.09 Å². The second kappa shape index (κ2) is 10.8. The third-order valence-electron chi connectivity index (χ3n) is 5.03. The molecule has 1 fully saturated rings. The molecule has 0 radical (unpaired) electrons. The Morgan fingerprint density at radius 1 is 1.03 bits per heavy atom. The second-order valence-corrected chi connectivity index (χ2v) is 9.22. The minimum Gasteiger partial charge on any atom is -0.492 e. The molecule has 1 amide bonds. The molecule has 0 N–H and O–H groups in total. The van der Waals surface area contributed by atoms with Crippen LogP contribution in [0.2, 0.25) is 5.15 Å². The summed E-state index contributed by atoms with van der Waals surface area (Å²) >= 11 is 5.78. The van der Waals surface area contributed by atoms with E-state index >= 15 is 0 Å². The third kappa shape index (κ3) is 8.04. The van der Waals surface area contributed by atoms with Gasteiger partial charge in [0, 0.05) is 32.7 Å². The minimum atomic E-state index is -0.449. The molecule has 0 saturated carbocycles. The number of hydrogen-bond donors (Lipinski definition) is 0. The van der Waals surface area contributed by atoms with E-state index in [0.717, 1.165) is 38.2 Å². The molecule has 2 heterocycles. The summed E-state index contributed by atoms with van der Waals surface area (Å²) in [6.07, 6.45) is 3.34. The number of halogens is 1. The number of rotatable bonds is 7. The third-order valence-corrected chi connectivity index (χ3v) is 5.26. The van der Waals surface area contributed by atoms with Crippen molar-refractivity contribution >= 4 is 17.7 Å². The van der Waals surface area contributed by atoms with E-state index in [0.29, 0.717) is 24.8 Å². The predicted molar refractivity (Wildman–Crippen MR) is 123 cm³/mol. The molecule has 7 heteroatoms. The van der Waals surface area contributed by atoms with Gasteiger partial charge in [-0.2, -0.15) is 0 Å². The van der Waals surface area contributed by atoms with Crippen molar-refractivity contribution in [1.82, 2.24) is 14.8 Å². The van der Waals surface area contributed by atoms with Crippen LogP contribution in [-0.2, 0) is 17.7 Å². The topological polar surface area (TPSA) is 54.9 Å². The molecule has 1 aromatic carbocycles. The van der Waals surface area contributed by atoms with Gasteiger partial charge >= 0.3 is 6.09 Å². The summed E-state index contributed by atoms with van der Waals surface area (Å²) in [4.78, 5) is 20.4. The maximum atomic E-state index is 12.2. The van der Waals surface area contributed by atoms with Crippen LogP contribution in [0.1, 0.15) is 38.3 Å². The summed E-state index contributed by atoms with van der Waals surface area (Å²) in [6, 6.07) is 12.3. The van der Waals surface area contributed by atoms with Crippen LogP contribution < -0.4 is 4.74 Å². The summed E-state index contributed by atoms with van der Waals surface area (Å²) in [5.41, 5.74) is 2.14. The van der Waals surface area contributed by atoms with Crippen molar-refractivity contribution in [3.63, 3.8) is 0 Å². The number of hydrogen-bond acceptors (Lipinski definition) is 5. The van der Waals surface area contributed by atoms with Crippen LogP contribution in [0.4, 0.5) is 4.79 Å². The number of pyridine rings is 1. The van der Waals surface area contributed by atoms with Gasteiger partial charge in [0.15, 0.2) is 0 Å². The van der Waals surface area contributed by atoms with Gasteiger partial charge in [-0.3, -0.25) is 4.90 Å². The number of ether oxygens (including phenoxy) is 2. The molecule has 168 valence electrons. The molecule has 1 aromatic heterocycles. The zero-order valence-corrected chi connectivity index (χ0v) is 19.4. The summed E-state index contributed by atoms with van der Waals surface area (Å²) in [6.45, 7) is 10.4. The molecule has 2 aromatic rings. The van der Waals surface area contributed by atoms with Gasteiger partial charge in [-0.25, -0.2) is 9.78 Å². The molecule has 0 atom stereocenters. The van der Waals surface area contributed by atoms with E-state index in [1.807, 2.05) is 26.8 Å². The van der Waals surface area contributed by atoms with E-state index in [1.54, 1.807) is 17.2 Å². The molecule has 6 nitrogen and oxygen atoms in total. The highest BCUT2D eigenvalue weighted by Gasteiger charge is 2.25. The molecule has 0 spiro atoms. The molecule has 1 aliphatic rings. The zero-order chi connectivity index (χ0) is 22.3. The average Bonchev–Trinajstić information content (AvgIpc) is 2.73. The van der Waals surface area contributed by atoms with Gasteiger partial charge in [-0.15, -0.1) is 0 Å². The summed E-state index contributed by atoms with van der Waals surface area (Å²) < 4.78 is 11.2. The monoisotopic (exact) mass is 445 g/mol. The van der Waals surface area contributed by atoms with Crippen LogP contribution >= 0.6 is 11.6 Å². The highest BCUT2D eigenvalue weighted by molar-refractivity contribution is 6.29. The van der Waals surface area contributed by atoms with Crippen LogP contribution in [0.3, 0.4) is 0 Å². The van der Waals surface area contributed by atoms with Crippen molar-refractivity contribution in [3.8, 4) is 5.75 Å². The zero-order valence-electron chi connectivity index (χ0n) is 18.6. The van der Waals surface area contributed by atoms with E-state index < -0.39 is 5.60 Å². The van der Waals surface area contributed by atoms with Gasteiger partial charge in [-0.05, 0) is 56.9 Å². The molecule has 0 aliphatic carbocycles. The summed E-state index contributed by atoms with van der Waals surface area (Å²) in [5.74, 6) is 0.742. The van der Waals surface area contributed by atoms with Gasteiger partial charge in [0.25, 0.3) is 0 Å². The van der Waals surface area contributed by atoms with E-state index in [2.05, 4.69) is 34.1 Å². The normalized spacial score (nSPS) is 15.0. The highest BCUT2D eigenvalue weighted by atomic mass is 35.5. The molecule has 31 heavy (non-hydrogen) atoms. The van der Waals surface area contributed by atoms with Crippen LogP contribution in [0, 0.1) is 0 Å². The smallest absolute Gasteiger partial charge is 0.410 e. The molecule has 0 bridgehead atoms. The first kappa shape index (κ1) is 23.4.